The van der Waals surface area contributed by atoms with Crippen molar-refractivity contribution in [2.45, 2.75) is 24.3 Å². The van der Waals surface area contributed by atoms with Crippen LogP contribution in [0.1, 0.15) is 23.2 Å². The molecule has 1 unspecified atom stereocenters. The molecule has 1 aromatic carbocycles. The lowest BCUT2D eigenvalue weighted by atomic mass is 10.0. The molecule has 5 heteroatoms. The lowest BCUT2D eigenvalue weighted by Crippen LogP contribution is -2.21. The molecule has 1 N–H and O–H groups in total. The summed E-state index contributed by atoms with van der Waals surface area (Å²) in [5, 5.41) is 7.27. The molecule has 18 heavy (non-hydrogen) atoms. The summed E-state index contributed by atoms with van der Waals surface area (Å²) >= 11 is 1.94. The highest BCUT2D eigenvalue weighted by molar-refractivity contribution is 7.99. The van der Waals surface area contributed by atoms with Gasteiger partial charge in [0.15, 0.2) is 5.82 Å². The zero-order valence-electron chi connectivity index (χ0n) is 10.2. The van der Waals surface area contributed by atoms with Gasteiger partial charge >= 0.3 is 0 Å². The summed E-state index contributed by atoms with van der Waals surface area (Å²) in [5.41, 5.74) is 1.46. The molecule has 0 bridgehead atoms. The molecule has 1 aliphatic heterocycles. The van der Waals surface area contributed by atoms with Gasteiger partial charge in [-0.15, -0.1) is 11.8 Å². The first-order chi connectivity index (χ1) is 8.83. The van der Waals surface area contributed by atoms with Crippen LogP contribution in [0.25, 0.3) is 0 Å². The molecular formula is C13H15N3OS. The van der Waals surface area contributed by atoms with E-state index in [-0.39, 0.29) is 0 Å². The van der Waals surface area contributed by atoms with Gasteiger partial charge in [0, 0.05) is 30.0 Å². The largest absolute Gasteiger partial charge is 0.340 e. The maximum absolute atomic E-state index is 4.94. The average molecular weight is 261 g/mol. The number of nitrogens with one attached hydrogen (secondary N) is 1. The number of rotatable bonds is 4. The quantitative estimate of drug-likeness (QED) is 0.915. The third-order valence-corrected chi connectivity index (χ3v) is 4.29. The molecule has 1 aliphatic rings. The summed E-state index contributed by atoms with van der Waals surface area (Å²) in [5.74, 6) is 3.08. The van der Waals surface area contributed by atoms with Crippen molar-refractivity contribution >= 4 is 11.8 Å². The topological polar surface area (TPSA) is 51.0 Å². The number of thioether (sulfide) groups is 1. The molecule has 0 spiro atoms. The molecule has 0 fully saturated rings. The van der Waals surface area contributed by atoms with Crippen molar-refractivity contribution in [3.8, 4) is 0 Å². The van der Waals surface area contributed by atoms with Gasteiger partial charge in [0.2, 0.25) is 5.89 Å². The van der Waals surface area contributed by atoms with E-state index in [1.54, 1.807) is 6.92 Å². The number of hydrogen-bond donors (Lipinski definition) is 1. The van der Waals surface area contributed by atoms with Gasteiger partial charge in [0.1, 0.15) is 0 Å². The number of aromatic nitrogens is 2. The molecule has 94 valence electrons. The van der Waals surface area contributed by atoms with Crippen molar-refractivity contribution in [2.24, 2.45) is 0 Å². The van der Waals surface area contributed by atoms with E-state index in [2.05, 4.69) is 39.7 Å². The fourth-order valence-corrected chi connectivity index (χ4v) is 3.42. The fourth-order valence-electron chi connectivity index (χ4n) is 2.17. The summed E-state index contributed by atoms with van der Waals surface area (Å²) < 4.78 is 4.94. The Morgan fingerprint density at radius 1 is 1.44 bits per heavy atom. The van der Waals surface area contributed by atoms with E-state index in [0.29, 0.717) is 18.4 Å². The Hall–Kier alpha value is -1.33. The number of nitrogens with zero attached hydrogens (tertiary/aromatic N) is 2. The van der Waals surface area contributed by atoms with Gasteiger partial charge in [-0.25, -0.2) is 0 Å². The second kappa shape index (κ2) is 5.12. The van der Waals surface area contributed by atoms with E-state index < -0.39 is 0 Å². The monoisotopic (exact) mass is 261 g/mol. The second-order valence-corrected chi connectivity index (χ2v) is 5.47. The Bertz CT molecular complexity index is 541. The summed E-state index contributed by atoms with van der Waals surface area (Å²) in [6.45, 7) is 3.43. The first-order valence-electron chi connectivity index (χ1n) is 6.04. The zero-order valence-corrected chi connectivity index (χ0v) is 11.0. The molecular weight excluding hydrogens is 246 g/mol. The van der Waals surface area contributed by atoms with Crippen molar-refractivity contribution in [3.63, 3.8) is 0 Å². The van der Waals surface area contributed by atoms with E-state index in [4.69, 9.17) is 4.52 Å². The maximum Gasteiger partial charge on any atom is 0.223 e. The molecule has 3 rings (SSSR count). The van der Waals surface area contributed by atoms with E-state index in [1.165, 1.54) is 10.5 Å². The summed E-state index contributed by atoms with van der Waals surface area (Å²) in [6, 6.07) is 8.63. The predicted molar refractivity (Wildman–Crippen MR) is 70.6 cm³/mol. The fraction of sp³-hybridized carbons (Fsp3) is 0.385. The molecule has 0 radical (unpaired) electrons. The van der Waals surface area contributed by atoms with Crippen molar-refractivity contribution < 1.29 is 4.52 Å². The van der Waals surface area contributed by atoms with Gasteiger partial charge in [0.05, 0.1) is 6.54 Å². The van der Waals surface area contributed by atoms with Crippen LogP contribution >= 0.6 is 11.8 Å². The van der Waals surface area contributed by atoms with Crippen LogP contribution in [0, 0.1) is 6.92 Å². The van der Waals surface area contributed by atoms with Gasteiger partial charge in [-0.05, 0) is 11.6 Å². The Kier molecular flexibility index (Phi) is 3.34. The standard InChI is InChI=1S/C13H15N3OS/c1-9-15-13(16-17-9)7-14-6-10-8-18-12-5-3-2-4-11(10)12/h2-5,10,14H,6-8H2,1H3. The van der Waals surface area contributed by atoms with Crippen molar-refractivity contribution in [2.75, 3.05) is 12.3 Å². The molecule has 4 nitrogen and oxygen atoms in total. The normalized spacial score (nSPS) is 17.9. The molecule has 1 atom stereocenters. The van der Waals surface area contributed by atoms with Crippen LogP contribution in [0.4, 0.5) is 0 Å². The Labute approximate surface area is 110 Å². The van der Waals surface area contributed by atoms with E-state index in [0.717, 1.165) is 18.1 Å². The third kappa shape index (κ3) is 2.42. The first-order valence-corrected chi connectivity index (χ1v) is 7.03. The Morgan fingerprint density at radius 2 is 2.33 bits per heavy atom. The lowest BCUT2D eigenvalue weighted by molar-refractivity contribution is 0.385. The average Bonchev–Trinajstić information content (AvgIpc) is 2.97. The van der Waals surface area contributed by atoms with Gasteiger partial charge < -0.3 is 9.84 Å². The van der Waals surface area contributed by atoms with Gasteiger partial charge in [-0.3, -0.25) is 0 Å². The smallest absolute Gasteiger partial charge is 0.223 e. The predicted octanol–water partition coefficient (Wildman–Crippen LogP) is 2.36. The molecule has 0 amide bonds. The number of aryl methyl sites for hydroxylation is 1. The molecule has 2 aromatic rings. The Morgan fingerprint density at radius 3 is 3.17 bits per heavy atom. The minimum absolute atomic E-state index is 0.583. The van der Waals surface area contributed by atoms with Crippen molar-refractivity contribution in [1.82, 2.24) is 15.5 Å². The maximum atomic E-state index is 4.94. The van der Waals surface area contributed by atoms with Gasteiger partial charge in [-0.1, -0.05) is 23.4 Å². The highest BCUT2D eigenvalue weighted by Gasteiger charge is 2.22. The van der Waals surface area contributed by atoms with Crippen LogP contribution in [0.5, 0.6) is 0 Å². The zero-order chi connectivity index (χ0) is 12.4. The first kappa shape index (κ1) is 11.7. The van der Waals surface area contributed by atoms with Gasteiger partial charge in [0.25, 0.3) is 0 Å². The van der Waals surface area contributed by atoms with Crippen LogP contribution in [0.2, 0.25) is 0 Å². The van der Waals surface area contributed by atoms with Crippen LogP contribution in [0.3, 0.4) is 0 Å². The third-order valence-electron chi connectivity index (χ3n) is 3.04. The van der Waals surface area contributed by atoms with E-state index in [1.807, 2.05) is 11.8 Å². The molecule has 0 saturated heterocycles. The molecule has 0 aliphatic carbocycles. The lowest BCUT2D eigenvalue weighted by Gasteiger charge is -2.10. The van der Waals surface area contributed by atoms with E-state index in [9.17, 15) is 0 Å². The molecule has 2 heterocycles. The second-order valence-electron chi connectivity index (χ2n) is 4.41. The van der Waals surface area contributed by atoms with Crippen LogP contribution in [0.15, 0.2) is 33.7 Å². The summed E-state index contributed by atoms with van der Waals surface area (Å²) in [6.07, 6.45) is 0. The molecule has 1 aromatic heterocycles. The minimum atomic E-state index is 0.583. The van der Waals surface area contributed by atoms with E-state index >= 15 is 0 Å². The van der Waals surface area contributed by atoms with Crippen molar-refractivity contribution in [1.29, 1.82) is 0 Å². The van der Waals surface area contributed by atoms with Crippen LogP contribution in [-0.2, 0) is 6.54 Å². The number of hydrogen-bond acceptors (Lipinski definition) is 5. The number of fused-ring (bicyclic) bond motifs is 1. The van der Waals surface area contributed by atoms with Crippen LogP contribution in [-0.4, -0.2) is 22.4 Å². The highest BCUT2D eigenvalue weighted by Crippen LogP contribution is 2.38. The summed E-state index contributed by atoms with van der Waals surface area (Å²) in [4.78, 5) is 5.59. The van der Waals surface area contributed by atoms with Crippen LogP contribution < -0.4 is 5.32 Å². The SMILES string of the molecule is Cc1nc(CNCC2CSc3ccccc32)no1. The van der Waals surface area contributed by atoms with Gasteiger partial charge in [-0.2, -0.15) is 4.98 Å². The highest BCUT2D eigenvalue weighted by atomic mass is 32.2. The Balaban J connectivity index is 1.56. The summed E-state index contributed by atoms with van der Waals surface area (Å²) in [7, 11) is 0. The minimum Gasteiger partial charge on any atom is -0.340 e. The number of benzene rings is 1. The van der Waals surface area contributed by atoms with Crippen molar-refractivity contribution in [3.05, 3.63) is 41.5 Å². The molecule has 0 saturated carbocycles.